The lowest BCUT2D eigenvalue weighted by molar-refractivity contribution is -0.119. The van der Waals surface area contributed by atoms with Crippen molar-refractivity contribution in [2.75, 3.05) is 11.9 Å². The predicted octanol–water partition coefficient (Wildman–Crippen LogP) is 3.32. The predicted molar refractivity (Wildman–Crippen MR) is 79.6 cm³/mol. The zero-order valence-electron chi connectivity index (χ0n) is 11.0. The lowest BCUT2D eigenvalue weighted by atomic mass is 10.3. The Morgan fingerprint density at radius 3 is 2.73 bits per heavy atom. The molecule has 1 heterocycles. The molecule has 0 saturated heterocycles. The maximum Gasteiger partial charge on any atom is 0.338 e. The third-order valence-corrected chi connectivity index (χ3v) is 3.04. The van der Waals surface area contributed by atoms with Crippen molar-refractivity contribution in [1.82, 2.24) is 4.98 Å². The maximum absolute atomic E-state index is 13.1. The molecule has 0 spiro atoms. The van der Waals surface area contributed by atoms with Crippen LogP contribution in [0.3, 0.4) is 0 Å². The van der Waals surface area contributed by atoms with E-state index in [2.05, 4.69) is 10.3 Å². The molecule has 0 saturated carbocycles. The van der Waals surface area contributed by atoms with Gasteiger partial charge in [-0.3, -0.25) is 4.79 Å². The monoisotopic (exact) mass is 342 g/mol. The first-order valence-electron chi connectivity index (χ1n) is 5.99. The number of amides is 1. The third kappa shape index (κ3) is 4.41. The minimum Gasteiger partial charge on any atom is -0.452 e. The van der Waals surface area contributed by atoms with Gasteiger partial charge in [-0.15, -0.1) is 0 Å². The highest BCUT2D eigenvalue weighted by Crippen LogP contribution is 2.22. The van der Waals surface area contributed by atoms with E-state index >= 15 is 0 Å². The Hall–Kier alpha value is -2.18. The number of carbonyl (C=O) groups is 2. The third-order valence-electron chi connectivity index (χ3n) is 2.50. The zero-order valence-corrected chi connectivity index (χ0v) is 12.5. The molecule has 1 amide bonds. The molecule has 0 radical (unpaired) electrons. The fourth-order valence-corrected chi connectivity index (χ4v) is 1.86. The van der Waals surface area contributed by atoms with Crippen molar-refractivity contribution < 1.29 is 18.7 Å². The van der Waals surface area contributed by atoms with E-state index in [4.69, 9.17) is 27.9 Å². The molecular formula is C14H9Cl2FN2O3. The largest absolute Gasteiger partial charge is 0.452 e. The van der Waals surface area contributed by atoms with Crippen LogP contribution < -0.4 is 5.32 Å². The van der Waals surface area contributed by atoms with Gasteiger partial charge in [0.2, 0.25) is 0 Å². The molecular weight excluding hydrogens is 334 g/mol. The smallest absolute Gasteiger partial charge is 0.338 e. The van der Waals surface area contributed by atoms with Crippen LogP contribution >= 0.6 is 23.2 Å². The van der Waals surface area contributed by atoms with E-state index in [-0.39, 0.29) is 21.4 Å². The number of benzene rings is 1. The number of nitrogens with zero attached hydrogens (tertiary/aromatic N) is 1. The highest BCUT2D eigenvalue weighted by atomic mass is 35.5. The van der Waals surface area contributed by atoms with E-state index in [0.29, 0.717) is 0 Å². The quantitative estimate of drug-likeness (QED) is 0.683. The van der Waals surface area contributed by atoms with E-state index in [1.807, 2.05) is 0 Å². The van der Waals surface area contributed by atoms with Crippen LogP contribution in [0.1, 0.15) is 10.4 Å². The first kappa shape index (κ1) is 16.2. The summed E-state index contributed by atoms with van der Waals surface area (Å²) in [7, 11) is 0. The first-order chi connectivity index (χ1) is 10.5. The van der Waals surface area contributed by atoms with Crippen LogP contribution in [0.25, 0.3) is 0 Å². The average molecular weight is 343 g/mol. The van der Waals surface area contributed by atoms with Crippen LogP contribution in [-0.2, 0) is 9.53 Å². The van der Waals surface area contributed by atoms with Crippen molar-refractivity contribution >= 4 is 40.8 Å². The number of halogens is 3. The second kappa shape index (κ2) is 7.20. The summed E-state index contributed by atoms with van der Waals surface area (Å²) in [6.07, 6.45) is 1.34. The molecule has 1 aromatic heterocycles. The zero-order chi connectivity index (χ0) is 16.1. The molecule has 0 unspecified atom stereocenters. The van der Waals surface area contributed by atoms with Crippen LogP contribution in [0.15, 0.2) is 36.5 Å². The molecule has 2 aromatic rings. The second-order valence-electron chi connectivity index (χ2n) is 4.12. The number of aromatic nitrogens is 1. The highest BCUT2D eigenvalue weighted by molar-refractivity contribution is 6.33. The summed E-state index contributed by atoms with van der Waals surface area (Å²) < 4.78 is 17.9. The van der Waals surface area contributed by atoms with Crippen LogP contribution in [0.2, 0.25) is 10.2 Å². The minimum atomic E-state index is -0.732. The summed E-state index contributed by atoms with van der Waals surface area (Å²) >= 11 is 11.4. The number of esters is 1. The van der Waals surface area contributed by atoms with Crippen molar-refractivity contribution in [1.29, 1.82) is 0 Å². The molecule has 0 aliphatic rings. The Labute approximate surface area is 135 Å². The Morgan fingerprint density at radius 2 is 2.00 bits per heavy atom. The number of ether oxygens (including phenoxy) is 1. The molecule has 1 N–H and O–H groups in total. The number of rotatable bonds is 4. The Bertz CT molecular complexity index is 725. The van der Waals surface area contributed by atoms with Crippen molar-refractivity contribution in [3.05, 3.63) is 58.1 Å². The molecule has 1 aromatic carbocycles. The molecule has 2 rings (SSSR count). The summed E-state index contributed by atoms with van der Waals surface area (Å²) in [6.45, 7) is -0.550. The van der Waals surface area contributed by atoms with Crippen molar-refractivity contribution in [3.63, 3.8) is 0 Å². The lowest BCUT2D eigenvalue weighted by Gasteiger charge is -2.08. The molecule has 0 bridgehead atoms. The normalized spacial score (nSPS) is 10.1. The molecule has 0 aliphatic carbocycles. The van der Waals surface area contributed by atoms with Gasteiger partial charge in [-0.2, -0.15) is 0 Å². The number of carbonyl (C=O) groups excluding carboxylic acids is 2. The summed E-state index contributed by atoms with van der Waals surface area (Å²) in [5.74, 6) is -1.94. The van der Waals surface area contributed by atoms with Gasteiger partial charge in [0.1, 0.15) is 11.0 Å². The van der Waals surface area contributed by atoms with E-state index in [1.54, 1.807) is 0 Å². The molecule has 0 aliphatic heterocycles. The van der Waals surface area contributed by atoms with Crippen molar-refractivity contribution in [3.8, 4) is 0 Å². The standard InChI is InChI=1S/C14H9Cl2FN2O3/c15-10-2-1-9(17)6-11(10)19-13(20)7-22-14(21)8-3-4-18-12(16)5-8/h1-6H,7H2,(H,19,20). The van der Waals surface area contributed by atoms with E-state index in [0.717, 1.165) is 12.1 Å². The Kier molecular flexibility index (Phi) is 5.30. The number of nitrogens with one attached hydrogen (secondary N) is 1. The van der Waals surface area contributed by atoms with Gasteiger partial charge in [-0.1, -0.05) is 23.2 Å². The van der Waals surface area contributed by atoms with Gasteiger partial charge in [-0.05, 0) is 30.3 Å². The molecule has 8 heteroatoms. The lowest BCUT2D eigenvalue weighted by Crippen LogP contribution is -2.21. The average Bonchev–Trinajstić information content (AvgIpc) is 2.48. The summed E-state index contributed by atoms with van der Waals surface area (Å²) in [5, 5.41) is 2.64. The van der Waals surface area contributed by atoms with Gasteiger partial charge in [0, 0.05) is 6.20 Å². The summed E-state index contributed by atoms with van der Waals surface area (Å²) in [4.78, 5) is 27.1. The molecule has 114 valence electrons. The maximum atomic E-state index is 13.1. The van der Waals surface area contributed by atoms with Gasteiger partial charge < -0.3 is 10.1 Å². The number of pyridine rings is 1. The van der Waals surface area contributed by atoms with Crippen molar-refractivity contribution in [2.24, 2.45) is 0 Å². The topological polar surface area (TPSA) is 68.3 Å². The number of hydrogen-bond donors (Lipinski definition) is 1. The molecule has 5 nitrogen and oxygen atoms in total. The minimum absolute atomic E-state index is 0.0923. The van der Waals surface area contributed by atoms with Crippen LogP contribution in [-0.4, -0.2) is 23.5 Å². The second-order valence-corrected chi connectivity index (χ2v) is 4.91. The van der Waals surface area contributed by atoms with E-state index < -0.39 is 24.3 Å². The van der Waals surface area contributed by atoms with Gasteiger partial charge >= 0.3 is 5.97 Å². The summed E-state index contributed by atoms with van der Waals surface area (Å²) in [5.41, 5.74) is 0.256. The molecule has 0 atom stereocenters. The van der Waals surface area contributed by atoms with Crippen molar-refractivity contribution in [2.45, 2.75) is 0 Å². The fourth-order valence-electron chi connectivity index (χ4n) is 1.52. The highest BCUT2D eigenvalue weighted by Gasteiger charge is 2.12. The Morgan fingerprint density at radius 1 is 1.23 bits per heavy atom. The number of anilines is 1. The molecule has 22 heavy (non-hydrogen) atoms. The summed E-state index contributed by atoms with van der Waals surface area (Å²) in [6, 6.07) is 6.23. The fraction of sp³-hybridized carbons (Fsp3) is 0.0714. The van der Waals surface area contributed by atoms with E-state index in [1.165, 1.54) is 24.4 Å². The SMILES string of the molecule is O=C(COC(=O)c1ccnc(Cl)c1)Nc1cc(F)ccc1Cl. The van der Waals surface area contributed by atoms with Gasteiger partial charge in [0.05, 0.1) is 16.3 Å². The van der Waals surface area contributed by atoms with Gasteiger partial charge in [-0.25, -0.2) is 14.2 Å². The van der Waals surface area contributed by atoms with Gasteiger partial charge in [0.15, 0.2) is 6.61 Å². The number of hydrogen-bond acceptors (Lipinski definition) is 4. The van der Waals surface area contributed by atoms with Gasteiger partial charge in [0.25, 0.3) is 5.91 Å². The van der Waals surface area contributed by atoms with Crippen LogP contribution in [0.5, 0.6) is 0 Å². The van der Waals surface area contributed by atoms with E-state index in [9.17, 15) is 14.0 Å². The first-order valence-corrected chi connectivity index (χ1v) is 6.75. The van der Waals surface area contributed by atoms with Crippen LogP contribution in [0, 0.1) is 5.82 Å². The van der Waals surface area contributed by atoms with Crippen LogP contribution in [0.4, 0.5) is 10.1 Å². The Balaban J connectivity index is 1.93. The molecule has 0 fully saturated rings.